The van der Waals surface area contributed by atoms with E-state index >= 15 is 0 Å². The first-order valence-electron chi connectivity index (χ1n) is 8.67. The monoisotopic (exact) mass is 404 g/mol. The van der Waals surface area contributed by atoms with Crippen LogP contribution in [0.5, 0.6) is 0 Å². The highest BCUT2D eigenvalue weighted by Gasteiger charge is 2.26. The summed E-state index contributed by atoms with van der Waals surface area (Å²) in [6, 6.07) is 9.25. The molecule has 7 nitrogen and oxygen atoms in total. The van der Waals surface area contributed by atoms with Crippen LogP contribution < -0.4 is 5.32 Å². The number of hydrogen-bond donors (Lipinski definition) is 1. The van der Waals surface area contributed by atoms with Crippen molar-refractivity contribution < 1.29 is 19.2 Å². The van der Waals surface area contributed by atoms with Crippen molar-refractivity contribution in [3.8, 4) is 0 Å². The Labute approximate surface area is 167 Å². The van der Waals surface area contributed by atoms with Crippen LogP contribution in [0.2, 0.25) is 5.02 Å². The van der Waals surface area contributed by atoms with Crippen LogP contribution in [0.15, 0.2) is 36.4 Å². The molecule has 0 unspecified atom stereocenters. The van der Waals surface area contributed by atoms with Crippen molar-refractivity contribution in [2.24, 2.45) is 0 Å². The third-order valence-corrected chi connectivity index (χ3v) is 4.44. The molecule has 0 aliphatic heterocycles. The first-order chi connectivity index (χ1) is 13.1. The Hall–Kier alpha value is -2.93. The lowest BCUT2D eigenvalue weighted by atomic mass is 9.98. The molecule has 0 aliphatic rings. The van der Waals surface area contributed by atoms with Crippen molar-refractivity contribution in [2.45, 2.75) is 39.7 Å². The summed E-state index contributed by atoms with van der Waals surface area (Å²) in [6.45, 7) is 7.28. The first-order valence-corrected chi connectivity index (χ1v) is 9.05. The first kappa shape index (κ1) is 21.4. The number of rotatable bonds is 6. The number of benzene rings is 2. The number of nitrogens with one attached hydrogen (secondary N) is 1. The third-order valence-electron chi connectivity index (χ3n) is 4.20. The molecule has 2 aromatic rings. The van der Waals surface area contributed by atoms with Gasteiger partial charge < -0.3 is 10.1 Å². The van der Waals surface area contributed by atoms with Crippen LogP contribution in [-0.4, -0.2) is 22.9 Å². The number of hydrogen-bond acceptors (Lipinski definition) is 5. The quantitative estimate of drug-likeness (QED) is 0.421. The van der Waals surface area contributed by atoms with E-state index in [1.165, 1.54) is 13.0 Å². The van der Waals surface area contributed by atoms with E-state index in [9.17, 15) is 19.7 Å². The van der Waals surface area contributed by atoms with Crippen LogP contribution in [0.3, 0.4) is 0 Å². The van der Waals surface area contributed by atoms with E-state index in [0.29, 0.717) is 5.69 Å². The number of anilines is 1. The van der Waals surface area contributed by atoms with Gasteiger partial charge in [-0.1, -0.05) is 43.6 Å². The van der Waals surface area contributed by atoms with Crippen LogP contribution >= 0.6 is 11.6 Å². The minimum absolute atomic E-state index is 0.149. The minimum Gasteiger partial charge on any atom is -0.449 e. The van der Waals surface area contributed by atoms with E-state index in [1.54, 1.807) is 0 Å². The summed E-state index contributed by atoms with van der Waals surface area (Å²) in [7, 11) is 0. The topological polar surface area (TPSA) is 98.5 Å². The lowest BCUT2D eigenvalue weighted by molar-refractivity contribution is -0.385. The number of esters is 1. The van der Waals surface area contributed by atoms with Gasteiger partial charge in [-0.15, -0.1) is 0 Å². The molecule has 0 aliphatic carbocycles. The van der Waals surface area contributed by atoms with Gasteiger partial charge in [0.25, 0.3) is 11.6 Å². The second-order valence-corrected chi connectivity index (χ2v) is 7.09. The molecule has 8 heteroatoms. The molecule has 1 amide bonds. The molecule has 1 N–H and O–H groups in total. The van der Waals surface area contributed by atoms with Gasteiger partial charge in [0.2, 0.25) is 0 Å². The van der Waals surface area contributed by atoms with Gasteiger partial charge in [0, 0.05) is 16.8 Å². The predicted molar refractivity (Wildman–Crippen MR) is 107 cm³/mol. The molecule has 2 aromatic carbocycles. The Morgan fingerprint density at radius 3 is 2.46 bits per heavy atom. The zero-order valence-electron chi connectivity index (χ0n) is 16.0. The van der Waals surface area contributed by atoms with Crippen LogP contribution in [0.25, 0.3) is 0 Å². The highest BCUT2D eigenvalue weighted by atomic mass is 35.5. The van der Waals surface area contributed by atoms with Gasteiger partial charge in [-0.25, -0.2) is 4.79 Å². The smallest absolute Gasteiger partial charge is 0.345 e. The van der Waals surface area contributed by atoms with Crippen molar-refractivity contribution in [3.63, 3.8) is 0 Å². The SMILES string of the molecule is Cc1cccc(C(C)C)c1NC(=O)[C@@H](C)OC(=O)c1cc(Cl)ccc1[N+](=O)[O-]. The Morgan fingerprint density at radius 2 is 1.86 bits per heavy atom. The van der Waals surface area contributed by atoms with Crippen LogP contribution in [0, 0.1) is 17.0 Å². The van der Waals surface area contributed by atoms with E-state index < -0.39 is 28.6 Å². The third kappa shape index (κ3) is 4.86. The summed E-state index contributed by atoms with van der Waals surface area (Å²) >= 11 is 5.83. The largest absolute Gasteiger partial charge is 0.449 e. The Bertz CT molecular complexity index is 927. The molecule has 0 radical (unpaired) electrons. The number of carbonyl (C=O) groups excluding carboxylic acids is 2. The Kier molecular flexibility index (Phi) is 6.75. The van der Waals surface area contributed by atoms with Crippen molar-refractivity contribution in [1.29, 1.82) is 0 Å². The number of amides is 1. The van der Waals surface area contributed by atoms with Gasteiger partial charge in [0.1, 0.15) is 5.56 Å². The summed E-state index contributed by atoms with van der Waals surface area (Å²) in [5, 5.41) is 14.1. The summed E-state index contributed by atoms with van der Waals surface area (Å²) in [4.78, 5) is 35.3. The average molecular weight is 405 g/mol. The van der Waals surface area contributed by atoms with Gasteiger partial charge >= 0.3 is 5.97 Å². The number of ether oxygens (including phenoxy) is 1. The summed E-state index contributed by atoms with van der Waals surface area (Å²) in [6.07, 6.45) is -1.16. The number of para-hydroxylation sites is 1. The Morgan fingerprint density at radius 1 is 1.18 bits per heavy atom. The second-order valence-electron chi connectivity index (χ2n) is 6.65. The van der Waals surface area contributed by atoms with Gasteiger partial charge in [0.05, 0.1) is 4.92 Å². The predicted octanol–water partition coefficient (Wildman–Crippen LogP) is 4.86. The molecule has 28 heavy (non-hydrogen) atoms. The van der Waals surface area contributed by atoms with Crippen molar-refractivity contribution >= 4 is 34.9 Å². The van der Waals surface area contributed by atoms with Crippen molar-refractivity contribution in [2.75, 3.05) is 5.32 Å². The molecule has 0 heterocycles. The molecule has 148 valence electrons. The molecule has 0 aromatic heterocycles. The normalized spacial score (nSPS) is 11.8. The lowest BCUT2D eigenvalue weighted by Gasteiger charge is -2.19. The zero-order chi connectivity index (χ0) is 21.0. The number of nitro groups is 1. The summed E-state index contributed by atoms with van der Waals surface area (Å²) in [5.41, 5.74) is 1.75. The maximum atomic E-state index is 12.5. The van der Waals surface area contributed by atoms with E-state index in [2.05, 4.69) is 5.32 Å². The van der Waals surface area contributed by atoms with Gasteiger partial charge in [0.15, 0.2) is 6.10 Å². The fraction of sp³-hybridized carbons (Fsp3) is 0.300. The van der Waals surface area contributed by atoms with Gasteiger partial charge in [-0.3, -0.25) is 14.9 Å². The van der Waals surface area contributed by atoms with E-state index in [1.807, 2.05) is 39.0 Å². The molecular formula is C20H21ClN2O5. The van der Waals surface area contributed by atoms with Crippen LogP contribution in [0.4, 0.5) is 11.4 Å². The molecular weight excluding hydrogens is 384 g/mol. The van der Waals surface area contributed by atoms with E-state index in [-0.39, 0.29) is 16.5 Å². The highest BCUT2D eigenvalue weighted by Crippen LogP contribution is 2.28. The Balaban J connectivity index is 2.19. The molecule has 0 fully saturated rings. The number of carbonyl (C=O) groups is 2. The molecule has 0 saturated carbocycles. The second kappa shape index (κ2) is 8.84. The van der Waals surface area contributed by atoms with Crippen molar-refractivity contribution in [1.82, 2.24) is 0 Å². The summed E-state index contributed by atoms with van der Waals surface area (Å²) in [5.74, 6) is -1.35. The maximum absolute atomic E-state index is 12.5. The highest BCUT2D eigenvalue weighted by molar-refractivity contribution is 6.31. The molecule has 1 atom stereocenters. The van der Waals surface area contributed by atoms with Crippen LogP contribution in [0.1, 0.15) is 48.2 Å². The molecule has 0 bridgehead atoms. The standard InChI is InChI=1S/C20H21ClN2O5/c1-11(2)15-7-5-6-12(3)18(15)22-19(24)13(4)28-20(25)16-10-14(21)8-9-17(16)23(26)27/h5-11,13H,1-4H3,(H,22,24)/t13-/m1/s1. The van der Waals surface area contributed by atoms with Gasteiger partial charge in [-0.2, -0.15) is 0 Å². The number of halogens is 1. The summed E-state index contributed by atoms with van der Waals surface area (Å²) < 4.78 is 5.14. The van der Waals surface area contributed by atoms with Gasteiger partial charge in [-0.05, 0) is 43.0 Å². The number of nitro benzene ring substituents is 1. The zero-order valence-corrected chi connectivity index (χ0v) is 16.7. The van der Waals surface area contributed by atoms with E-state index in [0.717, 1.165) is 23.3 Å². The van der Waals surface area contributed by atoms with Crippen LogP contribution in [-0.2, 0) is 9.53 Å². The average Bonchev–Trinajstić information content (AvgIpc) is 2.62. The molecule has 0 saturated heterocycles. The van der Waals surface area contributed by atoms with Crippen molar-refractivity contribution in [3.05, 3.63) is 68.2 Å². The number of nitrogens with zero attached hydrogens (tertiary/aromatic N) is 1. The fourth-order valence-corrected chi connectivity index (χ4v) is 2.85. The van der Waals surface area contributed by atoms with E-state index in [4.69, 9.17) is 16.3 Å². The fourth-order valence-electron chi connectivity index (χ4n) is 2.68. The molecule has 0 spiro atoms. The lowest BCUT2D eigenvalue weighted by Crippen LogP contribution is -2.30. The minimum atomic E-state index is -1.16. The maximum Gasteiger partial charge on any atom is 0.345 e. The molecule has 2 rings (SSSR count). The number of aryl methyl sites for hydroxylation is 1.